The van der Waals surface area contributed by atoms with Crippen molar-refractivity contribution in [3.8, 4) is 0 Å². The van der Waals surface area contributed by atoms with E-state index in [1.54, 1.807) is 6.92 Å². The smallest absolute Gasteiger partial charge is 0.215 e. The lowest BCUT2D eigenvalue weighted by Gasteiger charge is -2.13. The Kier molecular flexibility index (Phi) is 5.02. The van der Waals surface area contributed by atoms with E-state index in [0.29, 0.717) is 13.1 Å². The Morgan fingerprint density at radius 1 is 1.40 bits per heavy atom. The third kappa shape index (κ3) is 4.95. The molecule has 4 nitrogen and oxygen atoms in total. The molecule has 0 spiro atoms. The van der Waals surface area contributed by atoms with Crippen molar-refractivity contribution in [3.05, 3.63) is 0 Å². The van der Waals surface area contributed by atoms with Crippen molar-refractivity contribution in [2.45, 2.75) is 38.4 Å². The summed E-state index contributed by atoms with van der Waals surface area (Å²) in [7, 11) is -3.11. The average Bonchev–Trinajstić information content (AvgIpc) is 2.97. The van der Waals surface area contributed by atoms with Gasteiger partial charge in [0.1, 0.15) is 0 Å². The molecule has 0 aliphatic heterocycles. The summed E-state index contributed by atoms with van der Waals surface area (Å²) < 4.78 is 26.0. The van der Waals surface area contributed by atoms with Gasteiger partial charge in [-0.3, -0.25) is 0 Å². The summed E-state index contributed by atoms with van der Waals surface area (Å²) in [5, 5.41) is 2.70. The Bertz CT molecular complexity index is 273. The van der Waals surface area contributed by atoms with E-state index in [2.05, 4.69) is 10.0 Å². The van der Waals surface area contributed by atoms with Gasteiger partial charge in [0, 0.05) is 13.1 Å². The molecule has 15 heavy (non-hydrogen) atoms. The van der Waals surface area contributed by atoms with E-state index >= 15 is 0 Å². The van der Waals surface area contributed by atoms with E-state index in [4.69, 9.17) is 0 Å². The maximum Gasteiger partial charge on any atom is 0.215 e. The van der Waals surface area contributed by atoms with Crippen LogP contribution in [0.15, 0.2) is 0 Å². The Balaban J connectivity index is 2.22. The van der Waals surface area contributed by atoms with E-state index < -0.39 is 10.0 Å². The lowest BCUT2D eigenvalue weighted by Crippen LogP contribution is -2.39. The van der Waals surface area contributed by atoms with Gasteiger partial charge in [-0.1, -0.05) is 19.8 Å². The zero-order valence-electron chi connectivity index (χ0n) is 9.62. The lowest BCUT2D eigenvalue weighted by molar-refractivity contribution is 0.555. The average molecular weight is 234 g/mol. The molecule has 0 aromatic carbocycles. The molecule has 0 aromatic rings. The van der Waals surface area contributed by atoms with Gasteiger partial charge in [-0.25, -0.2) is 13.1 Å². The Morgan fingerprint density at radius 3 is 2.60 bits per heavy atom. The molecule has 1 rings (SSSR count). The molecule has 0 heterocycles. The van der Waals surface area contributed by atoms with Crippen LogP contribution in [-0.2, 0) is 10.0 Å². The molecule has 5 heteroatoms. The lowest BCUT2D eigenvalue weighted by atomic mass is 10.3. The molecule has 1 aliphatic rings. The van der Waals surface area contributed by atoms with E-state index in [1.165, 1.54) is 12.8 Å². The maximum atomic E-state index is 11.7. The number of nitrogens with one attached hydrogen (secondary N) is 2. The van der Waals surface area contributed by atoms with Crippen LogP contribution in [0.25, 0.3) is 0 Å². The van der Waals surface area contributed by atoms with Crippen LogP contribution in [0.5, 0.6) is 0 Å². The summed E-state index contributed by atoms with van der Waals surface area (Å²) in [5.74, 6) is 0.775. The van der Waals surface area contributed by atoms with Crippen LogP contribution in [0.1, 0.15) is 33.1 Å². The summed E-state index contributed by atoms with van der Waals surface area (Å²) in [6.45, 7) is 5.64. The second kappa shape index (κ2) is 5.82. The van der Waals surface area contributed by atoms with Crippen LogP contribution in [0.4, 0.5) is 0 Å². The third-order valence-electron chi connectivity index (χ3n) is 2.76. The van der Waals surface area contributed by atoms with Gasteiger partial charge < -0.3 is 5.32 Å². The number of hydrogen-bond acceptors (Lipinski definition) is 3. The minimum Gasteiger partial charge on any atom is -0.316 e. The topological polar surface area (TPSA) is 58.2 Å². The van der Waals surface area contributed by atoms with E-state index in [9.17, 15) is 8.42 Å². The van der Waals surface area contributed by atoms with Crippen LogP contribution in [0.2, 0.25) is 0 Å². The molecular formula is C10H22N2O2S. The quantitative estimate of drug-likeness (QED) is 0.650. The molecule has 0 amide bonds. The van der Waals surface area contributed by atoms with Crippen molar-refractivity contribution in [2.75, 3.05) is 19.6 Å². The zero-order chi connectivity index (χ0) is 11.3. The van der Waals surface area contributed by atoms with E-state index in [-0.39, 0.29) is 5.25 Å². The largest absolute Gasteiger partial charge is 0.316 e. The predicted molar refractivity (Wildman–Crippen MR) is 62.3 cm³/mol. The monoisotopic (exact) mass is 234 g/mol. The molecule has 2 N–H and O–H groups in total. The highest BCUT2D eigenvalue weighted by Crippen LogP contribution is 2.31. The molecule has 1 unspecified atom stereocenters. The summed E-state index contributed by atoms with van der Waals surface area (Å²) in [4.78, 5) is 0. The second-order valence-electron chi connectivity index (χ2n) is 4.29. The molecule has 0 bridgehead atoms. The van der Waals surface area contributed by atoms with Crippen LogP contribution in [0, 0.1) is 5.92 Å². The normalized spacial score (nSPS) is 19.1. The van der Waals surface area contributed by atoms with Gasteiger partial charge in [-0.2, -0.15) is 0 Å². The van der Waals surface area contributed by atoms with Crippen molar-refractivity contribution >= 4 is 10.0 Å². The fourth-order valence-corrected chi connectivity index (χ4v) is 2.44. The van der Waals surface area contributed by atoms with Gasteiger partial charge >= 0.3 is 0 Å². The highest BCUT2D eigenvalue weighted by molar-refractivity contribution is 7.90. The van der Waals surface area contributed by atoms with Crippen LogP contribution in [-0.4, -0.2) is 33.3 Å². The van der Waals surface area contributed by atoms with E-state index in [1.807, 2.05) is 6.92 Å². The second-order valence-corrected chi connectivity index (χ2v) is 6.47. The van der Waals surface area contributed by atoms with Gasteiger partial charge in [0.25, 0.3) is 0 Å². The Labute approximate surface area is 92.9 Å². The highest BCUT2D eigenvalue weighted by Gasteiger charge is 2.23. The molecule has 1 atom stereocenters. The zero-order valence-corrected chi connectivity index (χ0v) is 10.4. The van der Waals surface area contributed by atoms with E-state index in [0.717, 1.165) is 18.9 Å². The molecule has 0 aromatic heterocycles. The summed E-state index contributed by atoms with van der Waals surface area (Å²) in [6, 6.07) is 0. The molecule has 0 radical (unpaired) electrons. The number of rotatable bonds is 8. The maximum absolute atomic E-state index is 11.7. The van der Waals surface area contributed by atoms with Gasteiger partial charge in [0.05, 0.1) is 5.25 Å². The molecule has 1 fully saturated rings. The Morgan fingerprint density at radius 2 is 2.07 bits per heavy atom. The fourth-order valence-electron chi connectivity index (χ4n) is 1.41. The summed E-state index contributed by atoms with van der Waals surface area (Å²) in [6.07, 6.45) is 3.54. The van der Waals surface area contributed by atoms with Crippen LogP contribution < -0.4 is 10.0 Å². The summed E-state index contributed by atoms with van der Waals surface area (Å²) in [5.41, 5.74) is 0. The van der Waals surface area contributed by atoms with Gasteiger partial charge in [-0.15, -0.1) is 0 Å². The Hall–Kier alpha value is -0.130. The SMILES string of the molecule is CCNCC(C)S(=O)(=O)NCCC1CC1. The number of sulfonamides is 1. The molecule has 1 saturated carbocycles. The fraction of sp³-hybridized carbons (Fsp3) is 1.00. The van der Waals surface area contributed by atoms with Crippen molar-refractivity contribution in [3.63, 3.8) is 0 Å². The molecule has 0 saturated heterocycles. The van der Waals surface area contributed by atoms with Gasteiger partial charge in [0.2, 0.25) is 10.0 Å². The van der Waals surface area contributed by atoms with Crippen LogP contribution in [0.3, 0.4) is 0 Å². The van der Waals surface area contributed by atoms with Crippen molar-refractivity contribution < 1.29 is 8.42 Å². The molecular weight excluding hydrogens is 212 g/mol. The van der Waals surface area contributed by atoms with Crippen LogP contribution >= 0.6 is 0 Å². The van der Waals surface area contributed by atoms with Crippen molar-refractivity contribution in [1.82, 2.24) is 10.0 Å². The number of hydrogen-bond donors (Lipinski definition) is 2. The summed E-state index contributed by atoms with van der Waals surface area (Å²) >= 11 is 0. The minimum absolute atomic E-state index is 0.350. The third-order valence-corrected chi connectivity index (χ3v) is 4.60. The first kappa shape index (κ1) is 12.9. The van der Waals surface area contributed by atoms with Gasteiger partial charge in [-0.05, 0) is 25.8 Å². The first-order valence-electron chi connectivity index (χ1n) is 5.75. The predicted octanol–water partition coefficient (Wildman–Crippen LogP) is 0.704. The van der Waals surface area contributed by atoms with Crippen molar-refractivity contribution in [2.24, 2.45) is 5.92 Å². The molecule has 1 aliphatic carbocycles. The minimum atomic E-state index is -3.11. The highest BCUT2D eigenvalue weighted by atomic mass is 32.2. The van der Waals surface area contributed by atoms with Crippen molar-refractivity contribution in [1.29, 1.82) is 0 Å². The first-order chi connectivity index (χ1) is 7.06. The first-order valence-corrected chi connectivity index (χ1v) is 7.30. The van der Waals surface area contributed by atoms with Gasteiger partial charge in [0.15, 0.2) is 0 Å². The standard InChI is InChI=1S/C10H22N2O2S/c1-3-11-8-9(2)15(13,14)12-7-6-10-4-5-10/h9-12H,3-8H2,1-2H3. The molecule has 90 valence electrons.